The lowest BCUT2D eigenvalue weighted by atomic mass is 9.65. The maximum atomic E-state index is 12.8. The van der Waals surface area contributed by atoms with Crippen molar-refractivity contribution in [2.45, 2.75) is 63.8 Å². The van der Waals surface area contributed by atoms with Gasteiger partial charge in [-0.3, -0.25) is 4.79 Å². The molecule has 1 aromatic rings. The van der Waals surface area contributed by atoms with Gasteiger partial charge < -0.3 is 16.0 Å². The highest BCUT2D eigenvalue weighted by molar-refractivity contribution is 5.92. The van der Waals surface area contributed by atoms with Gasteiger partial charge in [0.2, 0.25) is 5.91 Å². The van der Waals surface area contributed by atoms with E-state index in [1.54, 1.807) is 0 Å². The Morgan fingerprint density at radius 2 is 1.59 bits per heavy atom. The summed E-state index contributed by atoms with van der Waals surface area (Å²) in [6, 6.07) is 8.80. The number of nitrogens with two attached hydrogens (primary N) is 1. The molecule has 1 aromatic carbocycles. The van der Waals surface area contributed by atoms with Crippen molar-refractivity contribution in [3.8, 4) is 0 Å². The van der Waals surface area contributed by atoms with Crippen LogP contribution in [0.1, 0.15) is 56.9 Å². The summed E-state index contributed by atoms with van der Waals surface area (Å²) < 4.78 is 0. The Bertz CT molecular complexity index is 620. The van der Waals surface area contributed by atoms with Gasteiger partial charge in [-0.25, -0.2) is 0 Å². The minimum absolute atomic E-state index is 0. The number of anilines is 1. The van der Waals surface area contributed by atoms with E-state index >= 15 is 0 Å². The molecule has 1 saturated heterocycles. The van der Waals surface area contributed by atoms with Crippen molar-refractivity contribution in [2.75, 3.05) is 25.0 Å². The maximum Gasteiger partial charge on any atom is 0.227 e. The normalized spacial score (nSPS) is 29.3. The first-order valence-corrected chi connectivity index (χ1v) is 11.1. The van der Waals surface area contributed by atoms with E-state index in [1.165, 1.54) is 57.2 Å². The predicted octanol–water partition coefficient (Wildman–Crippen LogP) is 4.65. The number of hydrogen-bond donors (Lipinski definition) is 2. The highest BCUT2D eigenvalue weighted by Crippen LogP contribution is 2.42. The standard InChI is InChI=1S/C23H35N3O.2ClH/c24-22-18-5-4-6-19(22)16-20(15-18)23(27)25-21-9-7-17(8-10-21)11-14-26-12-2-1-3-13-26;;/h7-10,18-20,22H,1-6,11-16,24H2,(H,25,27);2*1H. The number of hydrogen-bond acceptors (Lipinski definition) is 3. The molecule has 2 saturated carbocycles. The molecular weight excluding hydrogens is 405 g/mol. The zero-order valence-corrected chi connectivity index (χ0v) is 19.0. The molecule has 2 atom stereocenters. The molecule has 1 amide bonds. The van der Waals surface area contributed by atoms with Gasteiger partial charge in [-0.2, -0.15) is 0 Å². The zero-order valence-electron chi connectivity index (χ0n) is 17.4. The second-order valence-corrected chi connectivity index (χ2v) is 9.04. The number of amides is 1. The molecule has 0 aromatic heterocycles. The summed E-state index contributed by atoms with van der Waals surface area (Å²) in [4.78, 5) is 15.3. The number of piperidine rings is 1. The first-order valence-electron chi connectivity index (χ1n) is 11.1. The number of fused-ring (bicyclic) bond motifs is 2. The number of likely N-dealkylation sites (tertiary alicyclic amines) is 1. The van der Waals surface area contributed by atoms with Crippen LogP contribution in [-0.4, -0.2) is 36.5 Å². The van der Waals surface area contributed by atoms with E-state index in [9.17, 15) is 4.79 Å². The molecule has 4 rings (SSSR count). The first kappa shape index (κ1) is 24.5. The Balaban J connectivity index is 0.00000150. The fourth-order valence-electron chi connectivity index (χ4n) is 5.47. The smallest absolute Gasteiger partial charge is 0.227 e. The minimum atomic E-state index is 0. The van der Waals surface area contributed by atoms with Crippen LogP contribution >= 0.6 is 24.8 Å². The SMILES string of the molecule is Cl.Cl.NC1C2CCCC1CC(C(=O)Nc1ccc(CCN3CCCCC3)cc1)C2. The van der Waals surface area contributed by atoms with Crippen LogP contribution in [0.5, 0.6) is 0 Å². The molecule has 29 heavy (non-hydrogen) atoms. The van der Waals surface area contributed by atoms with Gasteiger partial charge in [-0.05, 0) is 87.6 Å². The van der Waals surface area contributed by atoms with Gasteiger partial charge in [-0.15, -0.1) is 24.8 Å². The molecule has 4 nitrogen and oxygen atoms in total. The number of carbonyl (C=O) groups excluding carboxylic acids is 1. The van der Waals surface area contributed by atoms with E-state index in [2.05, 4.69) is 34.5 Å². The van der Waals surface area contributed by atoms with Crippen LogP contribution in [0, 0.1) is 17.8 Å². The summed E-state index contributed by atoms with van der Waals surface area (Å²) in [6.45, 7) is 3.65. The zero-order chi connectivity index (χ0) is 18.6. The van der Waals surface area contributed by atoms with E-state index in [1.807, 2.05) is 0 Å². The molecule has 2 unspecified atom stereocenters. The van der Waals surface area contributed by atoms with Crippen molar-refractivity contribution in [1.29, 1.82) is 0 Å². The summed E-state index contributed by atoms with van der Waals surface area (Å²) in [5.74, 6) is 1.43. The van der Waals surface area contributed by atoms with E-state index in [4.69, 9.17) is 5.73 Å². The highest BCUT2D eigenvalue weighted by atomic mass is 35.5. The van der Waals surface area contributed by atoms with Crippen LogP contribution < -0.4 is 11.1 Å². The molecule has 2 bridgehead atoms. The average Bonchev–Trinajstić information content (AvgIpc) is 2.68. The van der Waals surface area contributed by atoms with Crippen LogP contribution in [0.25, 0.3) is 0 Å². The molecular formula is C23H37Cl2N3O. The fourth-order valence-corrected chi connectivity index (χ4v) is 5.47. The maximum absolute atomic E-state index is 12.8. The largest absolute Gasteiger partial charge is 0.327 e. The lowest BCUT2D eigenvalue weighted by Crippen LogP contribution is -2.48. The fraction of sp³-hybridized carbons (Fsp3) is 0.696. The quantitative estimate of drug-likeness (QED) is 0.698. The first-order chi connectivity index (χ1) is 13.2. The topological polar surface area (TPSA) is 58.4 Å². The number of benzene rings is 1. The molecule has 3 N–H and O–H groups in total. The number of halogens is 2. The van der Waals surface area contributed by atoms with Crippen molar-refractivity contribution in [2.24, 2.45) is 23.5 Å². The Kier molecular flexibility index (Phi) is 9.74. The lowest BCUT2D eigenvalue weighted by Gasteiger charge is -2.43. The molecule has 3 aliphatic rings. The van der Waals surface area contributed by atoms with Gasteiger partial charge in [0.1, 0.15) is 0 Å². The van der Waals surface area contributed by atoms with Gasteiger partial charge in [-0.1, -0.05) is 25.0 Å². The lowest BCUT2D eigenvalue weighted by molar-refractivity contribution is -0.122. The van der Waals surface area contributed by atoms with Crippen LogP contribution in [0.4, 0.5) is 5.69 Å². The minimum Gasteiger partial charge on any atom is -0.327 e. The molecule has 0 radical (unpaired) electrons. The average molecular weight is 442 g/mol. The summed E-state index contributed by atoms with van der Waals surface area (Å²) in [6.07, 6.45) is 10.8. The predicted molar refractivity (Wildman–Crippen MR) is 125 cm³/mol. The second-order valence-electron chi connectivity index (χ2n) is 9.04. The Morgan fingerprint density at radius 1 is 0.966 bits per heavy atom. The van der Waals surface area contributed by atoms with E-state index in [0.29, 0.717) is 17.9 Å². The van der Waals surface area contributed by atoms with Crippen molar-refractivity contribution in [3.05, 3.63) is 29.8 Å². The summed E-state index contributed by atoms with van der Waals surface area (Å²) in [5, 5.41) is 3.16. The Morgan fingerprint density at radius 3 is 2.21 bits per heavy atom. The van der Waals surface area contributed by atoms with Crippen molar-refractivity contribution in [3.63, 3.8) is 0 Å². The molecule has 3 fully saturated rings. The third-order valence-electron chi connectivity index (χ3n) is 7.17. The molecule has 164 valence electrons. The van der Waals surface area contributed by atoms with Crippen LogP contribution in [-0.2, 0) is 11.2 Å². The Labute approximate surface area is 188 Å². The number of carbonyl (C=O) groups is 1. The van der Waals surface area contributed by atoms with Crippen molar-refractivity contribution >= 4 is 36.4 Å². The summed E-state index contributed by atoms with van der Waals surface area (Å²) >= 11 is 0. The van der Waals surface area contributed by atoms with Gasteiger partial charge in [0.25, 0.3) is 0 Å². The van der Waals surface area contributed by atoms with E-state index in [0.717, 1.165) is 31.5 Å². The number of nitrogens with zero attached hydrogens (tertiary/aromatic N) is 1. The van der Waals surface area contributed by atoms with E-state index in [-0.39, 0.29) is 36.6 Å². The van der Waals surface area contributed by atoms with Crippen LogP contribution in [0.15, 0.2) is 24.3 Å². The molecule has 2 aliphatic carbocycles. The molecule has 1 heterocycles. The van der Waals surface area contributed by atoms with Gasteiger partial charge in [0.05, 0.1) is 0 Å². The third-order valence-corrected chi connectivity index (χ3v) is 7.17. The summed E-state index contributed by atoms with van der Waals surface area (Å²) in [7, 11) is 0. The molecule has 0 spiro atoms. The Hall–Kier alpha value is -0.810. The highest BCUT2D eigenvalue weighted by Gasteiger charge is 2.40. The van der Waals surface area contributed by atoms with Gasteiger partial charge >= 0.3 is 0 Å². The van der Waals surface area contributed by atoms with Gasteiger partial charge in [0.15, 0.2) is 0 Å². The number of rotatable bonds is 5. The monoisotopic (exact) mass is 441 g/mol. The second kappa shape index (κ2) is 11.5. The summed E-state index contributed by atoms with van der Waals surface area (Å²) in [5.41, 5.74) is 8.65. The molecule has 1 aliphatic heterocycles. The van der Waals surface area contributed by atoms with Crippen molar-refractivity contribution in [1.82, 2.24) is 4.90 Å². The molecule has 6 heteroatoms. The van der Waals surface area contributed by atoms with Crippen LogP contribution in [0.2, 0.25) is 0 Å². The third kappa shape index (κ3) is 6.33. The number of nitrogens with one attached hydrogen (secondary N) is 1. The van der Waals surface area contributed by atoms with E-state index < -0.39 is 0 Å². The van der Waals surface area contributed by atoms with Crippen molar-refractivity contribution < 1.29 is 4.79 Å². The van der Waals surface area contributed by atoms with Gasteiger partial charge in [0, 0.05) is 24.2 Å². The van der Waals surface area contributed by atoms with Crippen LogP contribution in [0.3, 0.4) is 0 Å².